The van der Waals surface area contributed by atoms with Crippen LogP contribution in [-0.2, 0) is 6.54 Å². The lowest BCUT2D eigenvalue weighted by molar-refractivity contribution is 0.0690. The molecule has 1 aromatic rings. The van der Waals surface area contributed by atoms with Gasteiger partial charge >= 0.3 is 12.0 Å². The molecule has 0 aromatic carbocycles. The van der Waals surface area contributed by atoms with Gasteiger partial charge in [-0.2, -0.15) is 0 Å². The quantitative estimate of drug-likeness (QED) is 0.610. The molecule has 1 aromatic heterocycles. The van der Waals surface area contributed by atoms with Crippen LogP contribution in [0, 0.1) is 0 Å². The van der Waals surface area contributed by atoms with Crippen LogP contribution in [0.3, 0.4) is 0 Å². The van der Waals surface area contributed by atoms with E-state index in [1.165, 1.54) is 10.9 Å². The largest absolute Gasteiger partial charge is 0.476 e. The van der Waals surface area contributed by atoms with Crippen LogP contribution in [0.2, 0.25) is 0 Å². The molecule has 0 aliphatic heterocycles. The smallest absolute Gasteiger partial charge is 0.358 e. The van der Waals surface area contributed by atoms with Gasteiger partial charge in [0.2, 0.25) is 0 Å². The normalized spacial score (nSPS) is 10.7. The van der Waals surface area contributed by atoms with Gasteiger partial charge in [-0.05, 0) is 20.3 Å². The van der Waals surface area contributed by atoms with Crippen molar-refractivity contribution in [1.82, 2.24) is 25.2 Å². The van der Waals surface area contributed by atoms with Gasteiger partial charge in [-0.15, -0.1) is 5.10 Å². The van der Waals surface area contributed by atoms with Crippen molar-refractivity contribution < 1.29 is 19.8 Å². The number of aliphatic hydroxyl groups is 1. The summed E-state index contributed by atoms with van der Waals surface area (Å²) < 4.78 is 1.36. The Hall–Kier alpha value is -2.16. The fourth-order valence-electron chi connectivity index (χ4n) is 1.72. The molecule has 118 valence electrons. The highest BCUT2D eigenvalue weighted by molar-refractivity contribution is 5.84. The van der Waals surface area contributed by atoms with Gasteiger partial charge in [-0.25, -0.2) is 14.3 Å². The molecule has 0 radical (unpaired) electrons. The van der Waals surface area contributed by atoms with Crippen LogP contribution < -0.4 is 5.32 Å². The molecule has 1 heterocycles. The van der Waals surface area contributed by atoms with Crippen LogP contribution in [0.15, 0.2) is 6.20 Å². The SMILES string of the molecule is CC(C)N(CCCO)C(=O)NCCn1cc(C(=O)O)nn1. The first-order valence-electron chi connectivity index (χ1n) is 6.74. The maximum atomic E-state index is 12.0. The summed E-state index contributed by atoms with van der Waals surface area (Å²) in [6.07, 6.45) is 1.83. The van der Waals surface area contributed by atoms with E-state index in [9.17, 15) is 9.59 Å². The number of amides is 2. The number of hydrogen-bond donors (Lipinski definition) is 3. The summed E-state index contributed by atoms with van der Waals surface area (Å²) in [4.78, 5) is 24.3. The van der Waals surface area contributed by atoms with E-state index in [1.807, 2.05) is 13.8 Å². The number of carbonyl (C=O) groups is 2. The van der Waals surface area contributed by atoms with Crippen molar-refractivity contribution in [2.24, 2.45) is 0 Å². The highest BCUT2D eigenvalue weighted by Crippen LogP contribution is 2.00. The maximum absolute atomic E-state index is 12.0. The van der Waals surface area contributed by atoms with E-state index < -0.39 is 5.97 Å². The zero-order valence-electron chi connectivity index (χ0n) is 12.2. The molecule has 0 atom stereocenters. The van der Waals surface area contributed by atoms with Gasteiger partial charge in [0.05, 0.1) is 12.7 Å². The van der Waals surface area contributed by atoms with E-state index in [1.54, 1.807) is 4.90 Å². The van der Waals surface area contributed by atoms with Gasteiger partial charge < -0.3 is 20.4 Å². The van der Waals surface area contributed by atoms with Crippen LogP contribution in [-0.4, -0.2) is 67.8 Å². The predicted molar refractivity (Wildman–Crippen MR) is 73.9 cm³/mol. The first-order valence-corrected chi connectivity index (χ1v) is 6.74. The number of aliphatic hydroxyl groups excluding tert-OH is 1. The summed E-state index contributed by atoms with van der Waals surface area (Å²) in [6, 6.07) is -0.196. The Morgan fingerprint density at radius 2 is 2.19 bits per heavy atom. The first kappa shape index (κ1) is 16.9. The molecule has 1 rings (SSSR count). The third kappa shape index (κ3) is 5.38. The number of aromatic nitrogens is 3. The van der Waals surface area contributed by atoms with Gasteiger partial charge in [0.1, 0.15) is 0 Å². The molecule has 0 aliphatic carbocycles. The monoisotopic (exact) mass is 299 g/mol. The third-order valence-corrected chi connectivity index (χ3v) is 2.82. The Kier molecular flexibility index (Phi) is 6.60. The van der Waals surface area contributed by atoms with Gasteiger partial charge in [-0.3, -0.25) is 0 Å². The van der Waals surface area contributed by atoms with E-state index in [0.717, 1.165) is 0 Å². The van der Waals surface area contributed by atoms with Crippen LogP contribution in [0.5, 0.6) is 0 Å². The zero-order valence-corrected chi connectivity index (χ0v) is 12.2. The van der Waals surface area contributed by atoms with E-state index in [4.69, 9.17) is 10.2 Å². The van der Waals surface area contributed by atoms with Crippen molar-refractivity contribution in [3.05, 3.63) is 11.9 Å². The second-order valence-corrected chi connectivity index (χ2v) is 4.77. The second kappa shape index (κ2) is 8.20. The number of rotatable bonds is 8. The molecule has 9 nitrogen and oxygen atoms in total. The standard InChI is InChI=1S/C12H21N5O4/c1-9(2)17(5-3-7-18)12(21)13-4-6-16-8-10(11(19)20)14-15-16/h8-9,18H,3-7H2,1-2H3,(H,13,21)(H,19,20). The molecule has 0 fully saturated rings. The van der Waals surface area contributed by atoms with Crippen molar-refractivity contribution in [2.75, 3.05) is 19.7 Å². The minimum atomic E-state index is -1.14. The van der Waals surface area contributed by atoms with Crippen molar-refractivity contribution in [3.63, 3.8) is 0 Å². The highest BCUT2D eigenvalue weighted by atomic mass is 16.4. The lowest BCUT2D eigenvalue weighted by atomic mass is 10.3. The topological polar surface area (TPSA) is 121 Å². The molecule has 21 heavy (non-hydrogen) atoms. The molecule has 0 spiro atoms. The minimum Gasteiger partial charge on any atom is -0.476 e. The Morgan fingerprint density at radius 3 is 2.71 bits per heavy atom. The highest BCUT2D eigenvalue weighted by Gasteiger charge is 2.15. The Morgan fingerprint density at radius 1 is 1.48 bits per heavy atom. The third-order valence-electron chi connectivity index (χ3n) is 2.82. The van der Waals surface area contributed by atoms with Crippen LogP contribution in [0.25, 0.3) is 0 Å². The van der Waals surface area contributed by atoms with Crippen molar-refractivity contribution in [1.29, 1.82) is 0 Å². The van der Waals surface area contributed by atoms with E-state index in [2.05, 4.69) is 15.6 Å². The van der Waals surface area contributed by atoms with Gasteiger partial charge in [-0.1, -0.05) is 5.21 Å². The molecule has 9 heteroatoms. The number of nitrogens with one attached hydrogen (secondary N) is 1. The molecule has 0 bridgehead atoms. The fourth-order valence-corrected chi connectivity index (χ4v) is 1.72. The van der Waals surface area contributed by atoms with Crippen LogP contribution in [0.4, 0.5) is 4.79 Å². The average Bonchev–Trinajstić information content (AvgIpc) is 2.88. The van der Waals surface area contributed by atoms with Crippen LogP contribution in [0.1, 0.15) is 30.8 Å². The number of carbonyl (C=O) groups excluding carboxylic acids is 1. The summed E-state index contributed by atoms with van der Waals surface area (Å²) >= 11 is 0. The Bertz CT molecular complexity index is 474. The summed E-state index contributed by atoms with van der Waals surface area (Å²) in [5, 5.41) is 27.4. The maximum Gasteiger partial charge on any atom is 0.358 e. The number of carboxylic acid groups (broad SMARTS) is 1. The summed E-state index contributed by atoms with van der Waals surface area (Å²) in [5.41, 5.74) is -0.131. The van der Waals surface area contributed by atoms with Gasteiger partial charge in [0.25, 0.3) is 0 Å². The average molecular weight is 299 g/mol. The number of hydrogen-bond acceptors (Lipinski definition) is 5. The molecule has 3 N–H and O–H groups in total. The van der Waals surface area contributed by atoms with E-state index >= 15 is 0 Å². The molecule has 0 unspecified atom stereocenters. The molecular formula is C12H21N5O4. The Balaban J connectivity index is 2.41. The number of urea groups is 1. The number of carboxylic acids is 1. The number of aromatic carboxylic acids is 1. The van der Waals surface area contributed by atoms with Crippen LogP contribution >= 0.6 is 0 Å². The molecule has 0 saturated carbocycles. The second-order valence-electron chi connectivity index (χ2n) is 4.77. The predicted octanol–water partition coefficient (Wildman–Crippen LogP) is -0.221. The molecule has 0 aliphatic rings. The number of nitrogens with zero attached hydrogens (tertiary/aromatic N) is 4. The van der Waals surface area contributed by atoms with Gasteiger partial charge in [0, 0.05) is 25.7 Å². The van der Waals surface area contributed by atoms with Crippen molar-refractivity contribution >= 4 is 12.0 Å². The lowest BCUT2D eigenvalue weighted by Gasteiger charge is -2.26. The molecule has 0 saturated heterocycles. The van der Waals surface area contributed by atoms with Gasteiger partial charge in [0.15, 0.2) is 5.69 Å². The molecular weight excluding hydrogens is 278 g/mol. The Labute approximate surface area is 122 Å². The van der Waals surface area contributed by atoms with Crippen molar-refractivity contribution in [3.8, 4) is 0 Å². The fraction of sp³-hybridized carbons (Fsp3) is 0.667. The zero-order chi connectivity index (χ0) is 15.8. The summed E-state index contributed by atoms with van der Waals surface area (Å²) in [7, 11) is 0. The summed E-state index contributed by atoms with van der Waals surface area (Å²) in [5.74, 6) is -1.14. The minimum absolute atomic E-state index is 0.0292. The summed E-state index contributed by atoms with van der Waals surface area (Å²) in [6.45, 7) is 4.95. The van der Waals surface area contributed by atoms with E-state index in [-0.39, 0.29) is 24.4 Å². The van der Waals surface area contributed by atoms with Crippen molar-refractivity contribution in [2.45, 2.75) is 32.9 Å². The molecule has 2 amide bonds. The first-order chi connectivity index (χ1) is 9.95. The van der Waals surface area contributed by atoms with E-state index in [0.29, 0.717) is 26.1 Å². The lowest BCUT2D eigenvalue weighted by Crippen LogP contribution is -2.45.